The number of hydrogen-bond donors (Lipinski definition) is 0. The van der Waals surface area contributed by atoms with Crippen molar-refractivity contribution in [1.29, 1.82) is 5.26 Å². The van der Waals surface area contributed by atoms with E-state index < -0.39 is 0 Å². The zero-order valence-electron chi connectivity index (χ0n) is 8.99. The zero-order valence-corrected chi connectivity index (χ0v) is 9.74. The van der Waals surface area contributed by atoms with Gasteiger partial charge in [-0.15, -0.1) is 11.6 Å². The smallest absolute Gasteiger partial charge is 0.0991 e. The van der Waals surface area contributed by atoms with Crippen molar-refractivity contribution in [2.24, 2.45) is 0 Å². The van der Waals surface area contributed by atoms with Crippen molar-refractivity contribution in [3.05, 3.63) is 36.0 Å². The molecule has 2 rings (SSSR count). The van der Waals surface area contributed by atoms with Gasteiger partial charge >= 0.3 is 0 Å². The van der Waals surface area contributed by atoms with Gasteiger partial charge in [0.05, 0.1) is 11.6 Å². The lowest BCUT2D eigenvalue weighted by Gasteiger charge is -2.04. The fourth-order valence-corrected chi connectivity index (χ4v) is 2.03. The molecule has 2 aromatic rings. The molecule has 0 aliphatic heterocycles. The van der Waals surface area contributed by atoms with Crippen molar-refractivity contribution in [2.75, 3.05) is 5.88 Å². The summed E-state index contributed by atoms with van der Waals surface area (Å²) < 4.78 is 2.21. The summed E-state index contributed by atoms with van der Waals surface area (Å²) in [6.07, 6.45) is 4.20. The lowest BCUT2D eigenvalue weighted by atomic mass is 10.2. The molecule has 1 aromatic heterocycles. The highest BCUT2D eigenvalue weighted by Crippen LogP contribution is 2.18. The minimum absolute atomic E-state index is 0.714. The number of nitriles is 1. The van der Waals surface area contributed by atoms with Gasteiger partial charge in [-0.05, 0) is 37.1 Å². The first-order valence-corrected chi connectivity index (χ1v) is 5.93. The second-order valence-electron chi connectivity index (χ2n) is 3.79. The van der Waals surface area contributed by atoms with Crippen LogP contribution < -0.4 is 0 Å². The van der Waals surface area contributed by atoms with E-state index in [0.29, 0.717) is 5.56 Å². The van der Waals surface area contributed by atoms with Crippen molar-refractivity contribution in [2.45, 2.75) is 19.4 Å². The molecule has 0 radical (unpaired) electrons. The van der Waals surface area contributed by atoms with Gasteiger partial charge in [-0.3, -0.25) is 0 Å². The van der Waals surface area contributed by atoms with Gasteiger partial charge in [0, 0.05) is 29.5 Å². The lowest BCUT2D eigenvalue weighted by Crippen LogP contribution is -1.96. The summed E-state index contributed by atoms with van der Waals surface area (Å²) in [6.45, 7) is 0.988. The molecule has 3 heteroatoms. The molecule has 16 heavy (non-hydrogen) atoms. The number of hydrogen-bond acceptors (Lipinski definition) is 1. The average Bonchev–Trinajstić information content (AvgIpc) is 2.72. The maximum Gasteiger partial charge on any atom is 0.0991 e. The number of nitrogens with zero attached hydrogens (tertiary/aromatic N) is 2. The van der Waals surface area contributed by atoms with E-state index in [1.807, 2.05) is 18.2 Å². The molecule has 0 saturated heterocycles. The summed E-state index contributed by atoms with van der Waals surface area (Å²) in [4.78, 5) is 0. The minimum Gasteiger partial charge on any atom is -0.347 e. The van der Waals surface area contributed by atoms with Gasteiger partial charge in [0.2, 0.25) is 0 Å². The van der Waals surface area contributed by atoms with E-state index in [2.05, 4.69) is 22.9 Å². The molecule has 2 nitrogen and oxygen atoms in total. The van der Waals surface area contributed by atoms with Crippen LogP contribution in [0.15, 0.2) is 30.5 Å². The Kier molecular flexibility index (Phi) is 3.48. The van der Waals surface area contributed by atoms with Gasteiger partial charge in [-0.1, -0.05) is 0 Å². The molecule has 0 bridgehead atoms. The maximum absolute atomic E-state index is 8.81. The molecule has 0 fully saturated rings. The standard InChI is InChI=1S/C13H13ClN2/c14-6-1-2-7-16-8-5-12-9-11(10-15)3-4-13(12)16/h3-5,8-9H,1-2,6-7H2. The second kappa shape index (κ2) is 5.05. The SMILES string of the molecule is N#Cc1ccc2c(ccn2CCCCCl)c1. The Balaban J connectivity index is 2.25. The highest BCUT2D eigenvalue weighted by molar-refractivity contribution is 6.17. The number of unbranched alkanes of at least 4 members (excludes halogenated alkanes) is 1. The van der Waals surface area contributed by atoms with Crippen LogP contribution >= 0.6 is 11.6 Å². The Morgan fingerprint density at radius 2 is 2.12 bits per heavy atom. The van der Waals surface area contributed by atoms with Crippen LogP contribution in [0.5, 0.6) is 0 Å². The summed E-state index contributed by atoms with van der Waals surface area (Å²) in [5, 5.41) is 9.94. The molecule has 0 spiro atoms. The third kappa shape index (κ3) is 2.20. The zero-order chi connectivity index (χ0) is 11.4. The molecule has 1 aromatic carbocycles. The molecule has 1 heterocycles. The lowest BCUT2D eigenvalue weighted by molar-refractivity contribution is 0.652. The van der Waals surface area contributed by atoms with Crippen LogP contribution in [-0.2, 0) is 6.54 Å². The Labute approximate surface area is 100 Å². The van der Waals surface area contributed by atoms with Crippen LogP contribution in [-0.4, -0.2) is 10.4 Å². The Morgan fingerprint density at radius 3 is 2.88 bits per heavy atom. The Bertz CT molecular complexity index is 522. The molecule has 0 aliphatic rings. The van der Waals surface area contributed by atoms with Crippen molar-refractivity contribution in [3.8, 4) is 6.07 Å². The number of fused-ring (bicyclic) bond motifs is 1. The van der Waals surface area contributed by atoms with E-state index in [4.69, 9.17) is 16.9 Å². The summed E-state index contributed by atoms with van der Waals surface area (Å²) in [5.74, 6) is 0.720. The molecule has 0 N–H and O–H groups in total. The van der Waals surface area contributed by atoms with E-state index in [1.54, 1.807) is 0 Å². The summed E-state index contributed by atoms with van der Waals surface area (Å²) in [6, 6.07) is 10.0. The van der Waals surface area contributed by atoms with E-state index in [1.165, 1.54) is 5.52 Å². The third-order valence-electron chi connectivity index (χ3n) is 2.68. The molecule has 0 saturated carbocycles. The molecule has 0 aliphatic carbocycles. The van der Waals surface area contributed by atoms with Crippen LogP contribution in [0.4, 0.5) is 0 Å². The first-order valence-electron chi connectivity index (χ1n) is 5.40. The fourth-order valence-electron chi connectivity index (χ4n) is 1.84. The van der Waals surface area contributed by atoms with Gasteiger partial charge in [-0.25, -0.2) is 0 Å². The maximum atomic E-state index is 8.81. The van der Waals surface area contributed by atoms with Gasteiger partial charge in [-0.2, -0.15) is 5.26 Å². The van der Waals surface area contributed by atoms with Crippen molar-refractivity contribution in [1.82, 2.24) is 4.57 Å². The predicted octanol–water partition coefficient (Wildman–Crippen LogP) is 3.53. The summed E-state index contributed by atoms with van der Waals surface area (Å²) >= 11 is 5.65. The van der Waals surface area contributed by atoms with Crippen molar-refractivity contribution in [3.63, 3.8) is 0 Å². The van der Waals surface area contributed by atoms with Crippen molar-refractivity contribution >= 4 is 22.5 Å². The topological polar surface area (TPSA) is 28.7 Å². The first-order chi connectivity index (χ1) is 7.85. The number of aryl methyl sites for hydroxylation is 1. The van der Waals surface area contributed by atoms with Gasteiger partial charge in [0.25, 0.3) is 0 Å². The number of halogens is 1. The van der Waals surface area contributed by atoms with Gasteiger partial charge in [0.1, 0.15) is 0 Å². The highest BCUT2D eigenvalue weighted by atomic mass is 35.5. The normalized spacial score (nSPS) is 10.5. The number of aromatic nitrogens is 1. The van der Waals surface area contributed by atoms with E-state index >= 15 is 0 Å². The largest absolute Gasteiger partial charge is 0.347 e. The van der Waals surface area contributed by atoms with Gasteiger partial charge in [0.15, 0.2) is 0 Å². The van der Waals surface area contributed by atoms with Crippen LogP contribution in [0.1, 0.15) is 18.4 Å². The quantitative estimate of drug-likeness (QED) is 0.586. The number of benzene rings is 1. The summed E-state index contributed by atoms with van der Waals surface area (Å²) in [5.41, 5.74) is 1.90. The Morgan fingerprint density at radius 1 is 1.25 bits per heavy atom. The molecular weight excluding hydrogens is 220 g/mol. The van der Waals surface area contributed by atoms with Crippen LogP contribution in [0.2, 0.25) is 0 Å². The van der Waals surface area contributed by atoms with E-state index in [-0.39, 0.29) is 0 Å². The van der Waals surface area contributed by atoms with E-state index in [9.17, 15) is 0 Å². The molecule has 0 atom stereocenters. The fraction of sp³-hybridized carbons (Fsp3) is 0.308. The highest BCUT2D eigenvalue weighted by Gasteiger charge is 2.01. The third-order valence-corrected chi connectivity index (χ3v) is 2.95. The van der Waals surface area contributed by atoms with Crippen molar-refractivity contribution < 1.29 is 0 Å². The van der Waals surface area contributed by atoms with Gasteiger partial charge < -0.3 is 4.57 Å². The molecule has 82 valence electrons. The second-order valence-corrected chi connectivity index (χ2v) is 4.17. The molecular formula is C13H13ClN2. The number of alkyl halides is 1. The summed E-state index contributed by atoms with van der Waals surface area (Å²) in [7, 11) is 0. The average molecular weight is 233 g/mol. The number of rotatable bonds is 4. The minimum atomic E-state index is 0.714. The predicted molar refractivity (Wildman–Crippen MR) is 66.6 cm³/mol. The first kappa shape index (κ1) is 11.0. The van der Waals surface area contributed by atoms with Crippen LogP contribution in [0.3, 0.4) is 0 Å². The van der Waals surface area contributed by atoms with E-state index in [0.717, 1.165) is 30.7 Å². The molecule has 0 unspecified atom stereocenters. The van der Waals surface area contributed by atoms with Crippen LogP contribution in [0, 0.1) is 11.3 Å². The monoisotopic (exact) mass is 232 g/mol. The molecule has 0 amide bonds. The Hall–Kier alpha value is -1.46. The van der Waals surface area contributed by atoms with Crippen LogP contribution in [0.25, 0.3) is 10.9 Å².